The molecule has 0 radical (unpaired) electrons. The number of sulfonamides is 1. The van der Waals surface area contributed by atoms with Crippen LogP contribution in [0.3, 0.4) is 0 Å². The van der Waals surface area contributed by atoms with Crippen LogP contribution >= 0.6 is 0 Å². The number of hydrogen-bond donors (Lipinski definition) is 2. The lowest BCUT2D eigenvalue weighted by Crippen LogP contribution is -2.49. The standard InChI is InChI=1S/C18H25N3O4S/c1-3-26(23,24)21-10-8-15(9-11-21)20-18(22)19-13(2)17-12-14-6-4-5-7-16(14)25-17/h4-7,12-13,15H,3,8-11H2,1-2H3,(H2,19,20,22). The molecule has 1 fully saturated rings. The molecule has 0 spiro atoms. The third-order valence-corrected chi connectivity index (χ3v) is 6.65. The van der Waals surface area contributed by atoms with Crippen LogP contribution in [0.2, 0.25) is 0 Å². The van der Waals surface area contributed by atoms with Gasteiger partial charge in [-0.2, -0.15) is 0 Å². The van der Waals surface area contributed by atoms with Crippen molar-refractivity contribution in [3.8, 4) is 0 Å². The second kappa shape index (κ2) is 7.67. The van der Waals surface area contributed by atoms with Crippen LogP contribution < -0.4 is 10.6 Å². The molecule has 26 heavy (non-hydrogen) atoms. The van der Waals surface area contributed by atoms with Crippen molar-refractivity contribution in [2.24, 2.45) is 0 Å². The molecule has 7 nitrogen and oxygen atoms in total. The average Bonchev–Trinajstić information content (AvgIpc) is 3.06. The van der Waals surface area contributed by atoms with Gasteiger partial charge < -0.3 is 15.1 Å². The van der Waals surface area contributed by atoms with Crippen molar-refractivity contribution in [2.75, 3.05) is 18.8 Å². The molecular formula is C18H25N3O4S. The highest BCUT2D eigenvalue weighted by atomic mass is 32.2. The van der Waals surface area contributed by atoms with Crippen molar-refractivity contribution in [2.45, 2.75) is 38.8 Å². The predicted molar refractivity (Wildman–Crippen MR) is 100 cm³/mol. The molecule has 2 aromatic rings. The Hall–Kier alpha value is -2.06. The second-order valence-corrected chi connectivity index (χ2v) is 8.86. The number of piperidine rings is 1. The summed E-state index contributed by atoms with van der Waals surface area (Å²) in [6.45, 7) is 4.40. The molecule has 1 atom stereocenters. The molecule has 1 aliphatic heterocycles. The minimum Gasteiger partial charge on any atom is -0.459 e. The number of benzene rings is 1. The molecule has 2 N–H and O–H groups in total. The largest absolute Gasteiger partial charge is 0.459 e. The van der Waals surface area contributed by atoms with E-state index in [2.05, 4.69) is 10.6 Å². The van der Waals surface area contributed by atoms with Crippen LogP contribution in [0.4, 0.5) is 4.79 Å². The fourth-order valence-electron chi connectivity index (χ4n) is 3.17. The van der Waals surface area contributed by atoms with Gasteiger partial charge in [-0.25, -0.2) is 17.5 Å². The minimum absolute atomic E-state index is 0.0267. The molecule has 1 aliphatic rings. The van der Waals surface area contributed by atoms with Gasteiger partial charge in [-0.15, -0.1) is 0 Å². The maximum Gasteiger partial charge on any atom is 0.315 e. The molecule has 1 unspecified atom stereocenters. The molecule has 0 aliphatic carbocycles. The first-order chi connectivity index (χ1) is 12.4. The van der Waals surface area contributed by atoms with E-state index in [1.165, 1.54) is 4.31 Å². The van der Waals surface area contributed by atoms with Crippen molar-refractivity contribution < 1.29 is 17.6 Å². The number of carbonyl (C=O) groups excluding carboxylic acids is 1. The van der Waals surface area contributed by atoms with Gasteiger partial charge in [0.2, 0.25) is 10.0 Å². The lowest BCUT2D eigenvalue weighted by atomic mass is 10.1. The summed E-state index contributed by atoms with van der Waals surface area (Å²) in [5.41, 5.74) is 0.793. The molecule has 2 amide bonds. The van der Waals surface area contributed by atoms with Gasteiger partial charge in [0, 0.05) is 24.5 Å². The van der Waals surface area contributed by atoms with Crippen molar-refractivity contribution in [3.05, 3.63) is 36.1 Å². The van der Waals surface area contributed by atoms with Crippen molar-refractivity contribution in [1.82, 2.24) is 14.9 Å². The number of furan rings is 1. The van der Waals surface area contributed by atoms with Crippen LogP contribution in [-0.2, 0) is 10.0 Å². The maximum absolute atomic E-state index is 12.2. The number of amides is 2. The molecule has 1 saturated heterocycles. The third kappa shape index (κ3) is 4.19. The van der Waals surface area contributed by atoms with Crippen LogP contribution in [0.5, 0.6) is 0 Å². The van der Waals surface area contributed by atoms with Gasteiger partial charge in [0.05, 0.1) is 11.8 Å². The van der Waals surface area contributed by atoms with Gasteiger partial charge in [0.15, 0.2) is 0 Å². The molecule has 0 bridgehead atoms. The minimum atomic E-state index is -3.15. The zero-order valence-electron chi connectivity index (χ0n) is 15.1. The number of urea groups is 1. The highest BCUT2D eigenvalue weighted by Gasteiger charge is 2.27. The number of nitrogens with zero attached hydrogens (tertiary/aromatic N) is 1. The Morgan fingerprint density at radius 2 is 2.00 bits per heavy atom. The zero-order chi connectivity index (χ0) is 18.7. The smallest absolute Gasteiger partial charge is 0.315 e. The van der Waals surface area contributed by atoms with Crippen molar-refractivity contribution in [3.63, 3.8) is 0 Å². The molecule has 0 saturated carbocycles. The van der Waals surface area contributed by atoms with Gasteiger partial charge in [0.25, 0.3) is 0 Å². The summed E-state index contributed by atoms with van der Waals surface area (Å²) in [6, 6.07) is 9.08. The maximum atomic E-state index is 12.2. The number of carbonyl (C=O) groups is 1. The summed E-state index contributed by atoms with van der Waals surface area (Å²) < 4.78 is 31.0. The Morgan fingerprint density at radius 1 is 1.31 bits per heavy atom. The topological polar surface area (TPSA) is 91.7 Å². The molecule has 8 heteroatoms. The Morgan fingerprint density at radius 3 is 2.65 bits per heavy atom. The van der Waals surface area contributed by atoms with Crippen LogP contribution in [0, 0.1) is 0 Å². The molecule has 1 aromatic carbocycles. The SMILES string of the molecule is CCS(=O)(=O)N1CCC(NC(=O)NC(C)c2cc3ccccc3o2)CC1. The Kier molecular flexibility index (Phi) is 5.52. The van der Waals surface area contributed by atoms with Gasteiger partial charge in [-0.3, -0.25) is 0 Å². The highest BCUT2D eigenvalue weighted by Crippen LogP contribution is 2.23. The summed E-state index contributed by atoms with van der Waals surface area (Å²) in [6.07, 6.45) is 1.23. The first kappa shape index (κ1) is 18.7. The average molecular weight is 379 g/mol. The third-order valence-electron chi connectivity index (χ3n) is 4.77. The van der Waals surface area contributed by atoms with Gasteiger partial charge >= 0.3 is 6.03 Å². The fraction of sp³-hybridized carbons (Fsp3) is 0.500. The number of fused-ring (bicyclic) bond motifs is 1. The van der Waals surface area contributed by atoms with E-state index in [1.54, 1.807) is 6.92 Å². The fourth-order valence-corrected chi connectivity index (χ4v) is 4.30. The second-order valence-electron chi connectivity index (χ2n) is 6.60. The van der Waals surface area contributed by atoms with Gasteiger partial charge in [0.1, 0.15) is 11.3 Å². The Balaban J connectivity index is 1.51. The van der Waals surface area contributed by atoms with E-state index in [0.717, 1.165) is 11.0 Å². The van der Waals surface area contributed by atoms with E-state index < -0.39 is 10.0 Å². The number of para-hydroxylation sites is 1. The highest BCUT2D eigenvalue weighted by molar-refractivity contribution is 7.89. The van der Waals surface area contributed by atoms with E-state index in [-0.39, 0.29) is 23.9 Å². The lowest BCUT2D eigenvalue weighted by molar-refractivity contribution is 0.223. The first-order valence-electron chi connectivity index (χ1n) is 8.92. The van der Waals surface area contributed by atoms with E-state index in [4.69, 9.17) is 4.42 Å². The van der Waals surface area contributed by atoms with Gasteiger partial charge in [-0.05, 0) is 38.8 Å². The molecule has 2 heterocycles. The quantitative estimate of drug-likeness (QED) is 0.835. The van der Waals surface area contributed by atoms with E-state index in [1.807, 2.05) is 37.3 Å². The monoisotopic (exact) mass is 379 g/mol. The molecule has 142 valence electrons. The molecule has 3 rings (SSSR count). The van der Waals surface area contributed by atoms with Crippen molar-refractivity contribution >= 4 is 27.0 Å². The summed E-state index contributed by atoms with van der Waals surface area (Å²) in [5, 5.41) is 6.81. The summed E-state index contributed by atoms with van der Waals surface area (Å²) in [4.78, 5) is 12.2. The van der Waals surface area contributed by atoms with E-state index in [9.17, 15) is 13.2 Å². The number of rotatable bonds is 5. The van der Waals surface area contributed by atoms with E-state index >= 15 is 0 Å². The predicted octanol–water partition coefficient (Wildman–Crippen LogP) is 2.61. The Bertz CT molecular complexity index is 836. The molecular weight excluding hydrogens is 354 g/mol. The normalized spacial score (nSPS) is 17.9. The van der Waals surface area contributed by atoms with Crippen LogP contribution in [-0.4, -0.2) is 43.6 Å². The summed E-state index contributed by atoms with van der Waals surface area (Å²) in [5.74, 6) is 0.811. The summed E-state index contributed by atoms with van der Waals surface area (Å²) >= 11 is 0. The van der Waals surface area contributed by atoms with Gasteiger partial charge in [-0.1, -0.05) is 18.2 Å². The zero-order valence-corrected chi connectivity index (χ0v) is 15.9. The van der Waals surface area contributed by atoms with Crippen LogP contribution in [0.25, 0.3) is 11.0 Å². The molecule has 1 aromatic heterocycles. The van der Waals surface area contributed by atoms with Crippen LogP contribution in [0.1, 0.15) is 38.5 Å². The van der Waals surface area contributed by atoms with E-state index in [0.29, 0.717) is 31.7 Å². The van der Waals surface area contributed by atoms with Crippen LogP contribution in [0.15, 0.2) is 34.7 Å². The van der Waals surface area contributed by atoms with Crippen molar-refractivity contribution in [1.29, 1.82) is 0 Å². The Labute approximate surface area is 153 Å². The lowest BCUT2D eigenvalue weighted by Gasteiger charge is -2.31. The first-order valence-corrected chi connectivity index (χ1v) is 10.5. The number of nitrogens with one attached hydrogen (secondary N) is 2. The number of hydrogen-bond acceptors (Lipinski definition) is 4. The summed E-state index contributed by atoms with van der Waals surface area (Å²) in [7, 11) is -3.15.